The summed E-state index contributed by atoms with van der Waals surface area (Å²) in [5.74, 6) is -0.312. The number of fused-ring (bicyclic) bond motifs is 3. The van der Waals surface area contributed by atoms with Crippen LogP contribution in [0.25, 0.3) is 10.9 Å². The molecule has 4 rings (SSSR count). The van der Waals surface area contributed by atoms with Gasteiger partial charge in [0.1, 0.15) is 0 Å². The van der Waals surface area contributed by atoms with Crippen LogP contribution < -0.4 is 0 Å². The molecule has 1 aliphatic rings. The van der Waals surface area contributed by atoms with Crippen LogP contribution >= 0.6 is 11.6 Å². The number of hydrogen-bond acceptors (Lipinski definition) is 3. The van der Waals surface area contributed by atoms with Gasteiger partial charge in [0.2, 0.25) is 0 Å². The Morgan fingerprint density at radius 2 is 1.88 bits per heavy atom. The lowest BCUT2D eigenvalue weighted by Gasteiger charge is -2.15. The van der Waals surface area contributed by atoms with Gasteiger partial charge < -0.3 is 0 Å². The van der Waals surface area contributed by atoms with E-state index in [0.29, 0.717) is 0 Å². The standard InChI is InChI=1S/C19H15ClN2O3/c20-16-10-9-12(22(24)25)11-15(16)19(23)21-17-7-3-1-5-13(17)14-6-2-4-8-18(14)21/h1,3,5,7,9-11H,2,4,6,8H2. The number of nitrogens with zero attached hydrogens (tertiary/aromatic N) is 2. The van der Waals surface area contributed by atoms with Crippen molar-refractivity contribution in [3.8, 4) is 0 Å². The van der Waals surface area contributed by atoms with Gasteiger partial charge in [0, 0.05) is 23.2 Å². The largest absolute Gasteiger partial charge is 0.280 e. The monoisotopic (exact) mass is 354 g/mol. The molecule has 0 atom stereocenters. The number of nitro benzene ring substituents is 1. The number of rotatable bonds is 2. The first kappa shape index (κ1) is 15.8. The van der Waals surface area contributed by atoms with Crippen molar-refractivity contribution in [1.29, 1.82) is 0 Å². The molecule has 0 saturated heterocycles. The van der Waals surface area contributed by atoms with Gasteiger partial charge in [-0.2, -0.15) is 0 Å². The molecule has 1 aromatic heterocycles. The van der Waals surface area contributed by atoms with Crippen LogP contribution in [-0.2, 0) is 12.8 Å². The molecule has 1 heterocycles. The fourth-order valence-electron chi connectivity index (χ4n) is 3.64. The highest BCUT2D eigenvalue weighted by Crippen LogP contribution is 2.34. The average molecular weight is 355 g/mol. The van der Waals surface area contributed by atoms with E-state index in [9.17, 15) is 14.9 Å². The summed E-state index contributed by atoms with van der Waals surface area (Å²) < 4.78 is 1.69. The van der Waals surface area contributed by atoms with Crippen LogP contribution in [0, 0.1) is 10.1 Å². The second kappa shape index (κ2) is 6.01. The first-order chi connectivity index (χ1) is 12.1. The first-order valence-electron chi connectivity index (χ1n) is 8.18. The quantitative estimate of drug-likeness (QED) is 0.491. The lowest BCUT2D eigenvalue weighted by Crippen LogP contribution is -2.17. The summed E-state index contributed by atoms with van der Waals surface area (Å²) >= 11 is 6.19. The molecule has 0 N–H and O–H groups in total. The topological polar surface area (TPSA) is 65.1 Å². The van der Waals surface area contributed by atoms with Gasteiger partial charge in [-0.25, -0.2) is 0 Å². The highest BCUT2D eigenvalue weighted by atomic mass is 35.5. The van der Waals surface area contributed by atoms with Crippen LogP contribution in [0.3, 0.4) is 0 Å². The zero-order chi connectivity index (χ0) is 17.6. The molecule has 5 nitrogen and oxygen atoms in total. The van der Waals surface area contributed by atoms with Crippen LogP contribution in [0.1, 0.15) is 34.5 Å². The highest BCUT2D eigenvalue weighted by molar-refractivity contribution is 6.34. The minimum atomic E-state index is -0.518. The van der Waals surface area contributed by atoms with Gasteiger partial charge in [-0.3, -0.25) is 19.5 Å². The summed E-state index contributed by atoms with van der Waals surface area (Å²) in [4.78, 5) is 23.8. The van der Waals surface area contributed by atoms with E-state index in [0.717, 1.165) is 42.3 Å². The van der Waals surface area contributed by atoms with Crippen LogP contribution in [0.4, 0.5) is 5.69 Å². The Morgan fingerprint density at radius 3 is 2.68 bits per heavy atom. The third kappa shape index (κ3) is 2.51. The van der Waals surface area contributed by atoms with Crippen molar-refractivity contribution in [2.24, 2.45) is 0 Å². The minimum Gasteiger partial charge on any atom is -0.280 e. The molecule has 0 bridgehead atoms. The van der Waals surface area contributed by atoms with Gasteiger partial charge in [-0.05, 0) is 43.4 Å². The van der Waals surface area contributed by atoms with E-state index in [-0.39, 0.29) is 22.2 Å². The SMILES string of the molecule is O=C(c1cc([N+](=O)[O-])ccc1Cl)n1c2c(c3ccccc31)CCCC2. The smallest absolute Gasteiger partial charge is 0.270 e. The Balaban J connectivity index is 1.95. The van der Waals surface area contributed by atoms with Crippen molar-refractivity contribution in [2.45, 2.75) is 25.7 Å². The molecule has 1 aliphatic carbocycles. The third-order valence-electron chi connectivity index (χ3n) is 4.77. The fraction of sp³-hybridized carbons (Fsp3) is 0.211. The first-order valence-corrected chi connectivity index (χ1v) is 8.55. The van der Waals surface area contributed by atoms with E-state index < -0.39 is 4.92 Å². The number of para-hydroxylation sites is 1. The second-order valence-electron chi connectivity index (χ2n) is 6.21. The molecule has 2 aromatic carbocycles. The number of aromatic nitrogens is 1. The maximum Gasteiger partial charge on any atom is 0.270 e. The fourth-order valence-corrected chi connectivity index (χ4v) is 3.84. The summed E-state index contributed by atoms with van der Waals surface area (Å²) in [6.07, 6.45) is 3.90. The molecule has 0 amide bonds. The summed E-state index contributed by atoms with van der Waals surface area (Å²) in [6.45, 7) is 0. The number of aryl methyl sites for hydroxylation is 1. The normalized spacial score (nSPS) is 13.6. The Morgan fingerprint density at radius 1 is 1.12 bits per heavy atom. The molecule has 0 fully saturated rings. The zero-order valence-electron chi connectivity index (χ0n) is 13.4. The lowest BCUT2D eigenvalue weighted by molar-refractivity contribution is -0.384. The van der Waals surface area contributed by atoms with Gasteiger partial charge in [0.25, 0.3) is 11.6 Å². The Bertz CT molecular complexity index is 1020. The summed E-state index contributed by atoms with van der Waals surface area (Å²) in [6, 6.07) is 11.8. The number of benzene rings is 2. The van der Waals surface area contributed by atoms with E-state index in [1.807, 2.05) is 24.3 Å². The van der Waals surface area contributed by atoms with Crippen LogP contribution in [0.5, 0.6) is 0 Å². The van der Waals surface area contributed by atoms with Crippen molar-refractivity contribution in [3.63, 3.8) is 0 Å². The van der Waals surface area contributed by atoms with E-state index in [4.69, 9.17) is 11.6 Å². The van der Waals surface area contributed by atoms with E-state index in [1.54, 1.807) is 4.57 Å². The maximum atomic E-state index is 13.2. The second-order valence-corrected chi connectivity index (χ2v) is 6.62. The summed E-state index contributed by atoms with van der Waals surface area (Å²) in [5.41, 5.74) is 3.06. The number of hydrogen-bond donors (Lipinski definition) is 0. The van der Waals surface area contributed by atoms with Gasteiger partial charge in [0.15, 0.2) is 0 Å². The molecule has 126 valence electrons. The zero-order valence-corrected chi connectivity index (χ0v) is 14.1. The number of carbonyl (C=O) groups is 1. The molecule has 3 aromatic rings. The Labute approximate surface area is 149 Å². The number of non-ortho nitro benzene ring substituents is 1. The van der Waals surface area contributed by atoms with Crippen LogP contribution in [0.15, 0.2) is 42.5 Å². The molecular weight excluding hydrogens is 340 g/mol. The van der Waals surface area contributed by atoms with E-state index in [1.165, 1.54) is 23.8 Å². The van der Waals surface area contributed by atoms with Gasteiger partial charge in [0.05, 0.1) is 21.0 Å². The predicted octanol–water partition coefficient (Wildman–Crippen LogP) is 4.77. The van der Waals surface area contributed by atoms with Crippen molar-refractivity contribution in [2.75, 3.05) is 0 Å². The predicted molar refractivity (Wildman–Crippen MR) is 96.4 cm³/mol. The Hall–Kier alpha value is -2.66. The molecule has 6 heteroatoms. The summed E-state index contributed by atoms with van der Waals surface area (Å²) in [5, 5.41) is 12.4. The number of halogens is 1. The van der Waals surface area contributed by atoms with Crippen molar-refractivity contribution >= 4 is 34.1 Å². The molecule has 0 spiro atoms. The maximum absolute atomic E-state index is 13.2. The number of nitro groups is 1. The van der Waals surface area contributed by atoms with Crippen LogP contribution in [0.2, 0.25) is 5.02 Å². The third-order valence-corrected chi connectivity index (χ3v) is 5.10. The molecule has 0 unspecified atom stereocenters. The molecular formula is C19H15ClN2O3. The van der Waals surface area contributed by atoms with Gasteiger partial charge in [-0.15, -0.1) is 0 Å². The average Bonchev–Trinajstić information content (AvgIpc) is 2.96. The van der Waals surface area contributed by atoms with Crippen molar-refractivity contribution < 1.29 is 9.72 Å². The molecule has 0 aliphatic heterocycles. The Kier molecular flexibility index (Phi) is 3.81. The highest BCUT2D eigenvalue weighted by Gasteiger charge is 2.26. The van der Waals surface area contributed by atoms with Crippen molar-refractivity contribution in [1.82, 2.24) is 4.57 Å². The minimum absolute atomic E-state index is 0.141. The summed E-state index contributed by atoms with van der Waals surface area (Å²) in [7, 11) is 0. The van der Waals surface area contributed by atoms with Crippen LogP contribution in [-0.4, -0.2) is 15.4 Å². The van der Waals surface area contributed by atoms with E-state index >= 15 is 0 Å². The van der Waals surface area contributed by atoms with Crippen molar-refractivity contribution in [3.05, 3.63) is 74.4 Å². The molecule has 0 radical (unpaired) electrons. The van der Waals surface area contributed by atoms with E-state index in [2.05, 4.69) is 0 Å². The van der Waals surface area contributed by atoms with Gasteiger partial charge >= 0.3 is 0 Å². The molecule has 0 saturated carbocycles. The lowest BCUT2D eigenvalue weighted by atomic mass is 9.95. The molecule has 25 heavy (non-hydrogen) atoms. The number of carbonyl (C=O) groups excluding carboxylic acids is 1. The van der Waals surface area contributed by atoms with Gasteiger partial charge in [-0.1, -0.05) is 29.8 Å².